The second kappa shape index (κ2) is 38.5. The molecule has 0 heterocycles. The van der Waals surface area contributed by atoms with Crippen LogP contribution in [-0.2, 0) is 38.4 Å². The van der Waals surface area contributed by atoms with E-state index < -0.39 is 102 Å². The van der Waals surface area contributed by atoms with Gasteiger partial charge in [-0.05, 0) is 109 Å². The average Bonchev–Trinajstić information content (AvgIpc) is 3.32. The van der Waals surface area contributed by atoms with E-state index in [1.807, 2.05) is 13.8 Å². The van der Waals surface area contributed by atoms with Crippen LogP contribution in [0.15, 0.2) is 0 Å². The third kappa shape index (κ3) is 31.6. The maximum absolute atomic E-state index is 14.4. The Balaban J connectivity index is 7.03. The molecule has 76 heavy (non-hydrogen) atoms. The van der Waals surface area contributed by atoms with Gasteiger partial charge in [0.2, 0.25) is 41.4 Å². The van der Waals surface area contributed by atoms with Crippen LogP contribution in [0.1, 0.15) is 125 Å². The van der Waals surface area contributed by atoms with E-state index in [2.05, 4.69) is 58.5 Å². The molecule has 7 amide bonds. The number of nitrogens with two attached hydrogens (primary N) is 5. The van der Waals surface area contributed by atoms with Gasteiger partial charge in [-0.2, -0.15) is 0 Å². The lowest BCUT2D eigenvalue weighted by molar-refractivity contribution is -0.136. The number of guanidine groups is 4. The van der Waals surface area contributed by atoms with Crippen LogP contribution in [-0.4, -0.2) is 158 Å². The normalized spacial score (nSPS) is 14.1. The standard InChI is InChI=1S/C47H92N20O9/c1-26(2)23-34(42(75)66-35(24-27(3)4)43(76)67-36(25-68)29(6)69)65-41(74)33(17-12-22-60-47(55)56)64-40(73)32(16-11-21-59-46(53)54)63-39(72)31(15-10-20-58-45(51)52)62-38(71)30(14-7-8-18-48)61-37(70)28(5)13-9-19-57-44(49)50/h26-28,30-36,68H,7-25,48H2,1-6H3,(H,61,70)(H,62,71)(H,63,72)(H,64,73)(H,65,74)(H,66,75)(H,67,76)(H4,49,50,57)(H4,51,52,58)(H4,53,54,59)(H4,55,56,60)/t28-,30-,31-,32-,33-,34-,35-,36-/m0/s1. The van der Waals surface area contributed by atoms with Crippen LogP contribution in [0.25, 0.3) is 0 Å². The van der Waals surface area contributed by atoms with Crippen molar-refractivity contribution >= 4 is 71.0 Å². The predicted octanol–water partition coefficient (Wildman–Crippen LogP) is -4.13. The highest BCUT2D eigenvalue weighted by Gasteiger charge is 2.34. The molecule has 26 N–H and O–H groups in total. The number of aliphatic hydroxyl groups is 1. The molecule has 0 spiro atoms. The van der Waals surface area contributed by atoms with E-state index in [1.54, 1.807) is 20.8 Å². The minimum absolute atomic E-state index is 0.0347. The molecule has 0 saturated carbocycles. The molecule has 0 radical (unpaired) electrons. The summed E-state index contributed by atoms with van der Waals surface area (Å²) in [5, 5.41) is 69.1. The number of hydrogen-bond acceptors (Lipinski definition) is 14. The van der Waals surface area contributed by atoms with Crippen molar-refractivity contribution in [2.45, 2.75) is 167 Å². The lowest BCUT2D eigenvalue weighted by Gasteiger charge is -2.29. The van der Waals surface area contributed by atoms with Crippen molar-refractivity contribution in [3.05, 3.63) is 0 Å². The molecule has 0 aromatic rings. The smallest absolute Gasteiger partial charge is 0.243 e. The van der Waals surface area contributed by atoms with Gasteiger partial charge in [0.15, 0.2) is 29.6 Å². The summed E-state index contributed by atoms with van der Waals surface area (Å²) in [7, 11) is 0. The van der Waals surface area contributed by atoms with Crippen molar-refractivity contribution in [2.75, 3.05) is 39.3 Å². The molecular weight excluding hydrogens is 989 g/mol. The van der Waals surface area contributed by atoms with E-state index >= 15 is 0 Å². The Kier molecular flexibility index (Phi) is 34.9. The quantitative estimate of drug-likeness (QED) is 0.0157. The highest BCUT2D eigenvalue weighted by atomic mass is 16.3. The summed E-state index contributed by atoms with van der Waals surface area (Å²) in [6.07, 6.45) is 2.62. The van der Waals surface area contributed by atoms with E-state index in [0.29, 0.717) is 38.8 Å². The molecule has 8 atom stereocenters. The number of Topliss-reactive ketones (excluding diaryl/α,β-unsaturated/α-hetero) is 1. The monoisotopic (exact) mass is 1080 g/mol. The molecule has 0 aromatic heterocycles. The Hall–Kier alpha value is -7.04. The number of ketones is 1. The number of carbonyl (C=O) groups is 8. The van der Waals surface area contributed by atoms with Gasteiger partial charge in [0.05, 0.1) is 6.61 Å². The summed E-state index contributed by atoms with van der Waals surface area (Å²) in [6.45, 7) is 10.5. The van der Waals surface area contributed by atoms with E-state index in [1.165, 1.54) is 6.92 Å². The largest absolute Gasteiger partial charge is 0.394 e. The number of aliphatic hydroxyl groups excluding tert-OH is 1. The van der Waals surface area contributed by atoms with E-state index in [4.69, 9.17) is 50.3 Å². The minimum Gasteiger partial charge on any atom is -0.394 e. The fourth-order valence-corrected chi connectivity index (χ4v) is 7.55. The first-order valence-electron chi connectivity index (χ1n) is 26.0. The van der Waals surface area contributed by atoms with Crippen LogP contribution in [0.3, 0.4) is 0 Å². The lowest BCUT2D eigenvalue weighted by Crippen LogP contribution is -2.60. The van der Waals surface area contributed by atoms with Crippen LogP contribution < -0.4 is 87.2 Å². The van der Waals surface area contributed by atoms with Crippen molar-refractivity contribution in [2.24, 2.45) is 46.4 Å². The molecule has 0 aliphatic rings. The molecule has 0 aliphatic heterocycles. The SMILES string of the molecule is CC(=O)[C@H](CO)NC(=O)[C@H](CC(C)C)NC(=O)[C@H](CC(C)C)NC(=O)[C@H](CCCNC(=N)N)NC(=O)[C@H](CCCNC(=N)N)NC(=O)[C@H](CCCNC(=N)N)NC(=O)[C@H](CCCCN)NC(=O)[C@@H](C)CCCNC(=N)N. The predicted molar refractivity (Wildman–Crippen MR) is 289 cm³/mol. The van der Waals surface area contributed by atoms with Gasteiger partial charge in [-0.1, -0.05) is 34.6 Å². The number of amides is 7. The van der Waals surface area contributed by atoms with Crippen molar-refractivity contribution in [3.63, 3.8) is 0 Å². The van der Waals surface area contributed by atoms with Crippen molar-refractivity contribution < 1.29 is 43.5 Å². The van der Waals surface area contributed by atoms with Crippen LogP contribution >= 0.6 is 0 Å². The van der Waals surface area contributed by atoms with Gasteiger partial charge in [0.1, 0.15) is 42.3 Å². The van der Waals surface area contributed by atoms with Gasteiger partial charge in [0, 0.05) is 32.1 Å². The van der Waals surface area contributed by atoms with Crippen LogP contribution in [0.5, 0.6) is 0 Å². The first kappa shape index (κ1) is 69.0. The summed E-state index contributed by atoms with van der Waals surface area (Å²) >= 11 is 0. The second-order valence-corrected chi connectivity index (χ2v) is 19.6. The van der Waals surface area contributed by atoms with Crippen molar-refractivity contribution in [1.29, 1.82) is 21.6 Å². The third-order valence-electron chi connectivity index (χ3n) is 11.7. The highest BCUT2D eigenvalue weighted by molar-refractivity contribution is 5.97. The third-order valence-corrected chi connectivity index (χ3v) is 11.7. The second-order valence-electron chi connectivity index (χ2n) is 19.6. The average molecular weight is 1080 g/mol. The Morgan fingerprint density at radius 2 is 0.658 bits per heavy atom. The lowest BCUT2D eigenvalue weighted by atomic mass is 9.99. The van der Waals surface area contributed by atoms with E-state index in [-0.39, 0.29) is 113 Å². The number of hydrogen-bond donors (Lipinski definition) is 21. The molecule has 0 rings (SSSR count). The summed E-state index contributed by atoms with van der Waals surface area (Å²) in [6, 6.07) is -8.78. The molecule has 434 valence electrons. The van der Waals surface area contributed by atoms with Crippen molar-refractivity contribution in [1.82, 2.24) is 58.5 Å². The number of rotatable bonds is 40. The molecule has 0 bridgehead atoms. The van der Waals surface area contributed by atoms with Gasteiger partial charge < -0.3 is 92.3 Å². The number of unbranched alkanes of at least 4 members (excludes halogenated alkanes) is 1. The van der Waals surface area contributed by atoms with Gasteiger partial charge in [0.25, 0.3) is 0 Å². The molecule has 0 fully saturated rings. The van der Waals surface area contributed by atoms with Crippen LogP contribution in [0, 0.1) is 39.4 Å². The molecular formula is C47H92N20O9. The first-order valence-corrected chi connectivity index (χ1v) is 26.0. The molecule has 29 nitrogen and oxygen atoms in total. The molecule has 0 aliphatic carbocycles. The zero-order valence-electron chi connectivity index (χ0n) is 45.3. The molecule has 0 saturated heterocycles. The van der Waals surface area contributed by atoms with Gasteiger partial charge >= 0.3 is 0 Å². The Morgan fingerprint density at radius 3 is 0.934 bits per heavy atom. The zero-order chi connectivity index (χ0) is 57.9. The van der Waals surface area contributed by atoms with E-state index in [9.17, 15) is 43.5 Å². The maximum Gasteiger partial charge on any atom is 0.243 e. The Bertz CT molecular complexity index is 1910. The topological polar surface area (TPSA) is 515 Å². The summed E-state index contributed by atoms with van der Waals surface area (Å²) in [5.74, 6) is -7.62. The fourth-order valence-electron chi connectivity index (χ4n) is 7.55. The Morgan fingerprint density at radius 1 is 0.395 bits per heavy atom. The van der Waals surface area contributed by atoms with Crippen molar-refractivity contribution in [3.8, 4) is 0 Å². The Labute approximate surface area is 446 Å². The number of carbonyl (C=O) groups excluding carboxylic acids is 8. The summed E-state index contributed by atoms with van der Waals surface area (Å²) in [4.78, 5) is 110. The molecule has 0 aromatic carbocycles. The molecule has 29 heteroatoms. The van der Waals surface area contributed by atoms with Gasteiger partial charge in [-0.3, -0.25) is 60.0 Å². The summed E-state index contributed by atoms with van der Waals surface area (Å²) in [5.41, 5.74) is 27.5. The maximum atomic E-state index is 14.4. The van der Waals surface area contributed by atoms with Gasteiger partial charge in [-0.25, -0.2) is 0 Å². The number of nitrogens with one attached hydrogen (secondary N) is 15. The fraction of sp³-hybridized carbons (Fsp3) is 0.745. The van der Waals surface area contributed by atoms with Gasteiger partial charge in [-0.15, -0.1) is 0 Å². The first-order chi connectivity index (χ1) is 35.7. The molecule has 0 unspecified atom stereocenters. The highest BCUT2D eigenvalue weighted by Crippen LogP contribution is 2.13. The van der Waals surface area contributed by atoms with Crippen LogP contribution in [0.2, 0.25) is 0 Å². The minimum atomic E-state index is -1.39. The summed E-state index contributed by atoms with van der Waals surface area (Å²) < 4.78 is 0. The van der Waals surface area contributed by atoms with E-state index in [0.717, 1.165) is 0 Å². The van der Waals surface area contributed by atoms with Crippen LogP contribution in [0.4, 0.5) is 0 Å². The zero-order valence-corrected chi connectivity index (χ0v) is 45.3.